The molecule has 0 bridgehead atoms. The zero-order valence-electron chi connectivity index (χ0n) is 14.0. The zero-order valence-corrected chi connectivity index (χ0v) is 14.9. The number of hydrogen-bond acceptors (Lipinski definition) is 4. The molecule has 2 N–H and O–H groups in total. The van der Waals surface area contributed by atoms with Crippen molar-refractivity contribution in [3.8, 4) is 0 Å². The van der Waals surface area contributed by atoms with E-state index < -0.39 is 0 Å². The number of rotatable bonds is 4. The maximum Gasteiger partial charge on any atom is 0.273 e. The van der Waals surface area contributed by atoms with E-state index in [0.29, 0.717) is 17.7 Å². The molecule has 0 spiro atoms. The lowest BCUT2D eigenvalue weighted by Crippen LogP contribution is -2.37. The van der Waals surface area contributed by atoms with Crippen molar-refractivity contribution >= 4 is 18.3 Å². The van der Waals surface area contributed by atoms with Crippen molar-refractivity contribution in [3.05, 3.63) is 11.4 Å². The molecule has 0 radical (unpaired) electrons. The van der Waals surface area contributed by atoms with Gasteiger partial charge in [-0.1, -0.05) is 18.1 Å². The van der Waals surface area contributed by atoms with Gasteiger partial charge in [-0.25, -0.2) is 4.68 Å². The predicted octanol–water partition coefficient (Wildman–Crippen LogP) is 2.24. The van der Waals surface area contributed by atoms with Crippen molar-refractivity contribution in [3.63, 3.8) is 0 Å². The van der Waals surface area contributed by atoms with Crippen molar-refractivity contribution in [2.24, 2.45) is 5.92 Å². The summed E-state index contributed by atoms with van der Waals surface area (Å²) in [5.74, 6) is 0.542. The predicted molar refractivity (Wildman–Crippen MR) is 92.0 cm³/mol. The quantitative estimate of drug-likeness (QED) is 0.881. The second-order valence-corrected chi connectivity index (χ2v) is 6.76. The van der Waals surface area contributed by atoms with Crippen LogP contribution < -0.4 is 10.6 Å². The Labute approximate surface area is 144 Å². The average Bonchev–Trinajstić information content (AvgIpc) is 3.17. The van der Waals surface area contributed by atoms with Gasteiger partial charge in [0.15, 0.2) is 5.69 Å². The van der Waals surface area contributed by atoms with Crippen LogP contribution in [0, 0.1) is 12.8 Å². The molecular formula is C16H28ClN5O. The molecule has 1 saturated heterocycles. The van der Waals surface area contributed by atoms with Crippen LogP contribution in [-0.2, 0) is 0 Å². The van der Waals surface area contributed by atoms with Crippen LogP contribution in [0.15, 0.2) is 0 Å². The van der Waals surface area contributed by atoms with E-state index in [-0.39, 0.29) is 24.4 Å². The van der Waals surface area contributed by atoms with Gasteiger partial charge in [0.05, 0.1) is 11.7 Å². The summed E-state index contributed by atoms with van der Waals surface area (Å²) in [5, 5.41) is 14.9. The van der Waals surface area contributed by atoms with Crippen LogP contribution >= 0.6 is 12.4 Å². The van der Waals surface area contributed by atoms with E-state index in [9.17, 15) is 4.79 Å². The molecule has 1 amide bonds. The number of halogens is 1. The van der Waals surface area contributed by atoms with Crippen LogP contribution in [0.2, 0.25) is 0 Å². The number of hydrogen-bond donors (Lipinski definition) is 2. The van der Waals surface area contributed by atoms with Crippen LogP contribution in [0.1, 0.15) is 67.7 Å². The molecule has 2 heterocycles. The van der Waals surface area contributed by atoms with Gasteiger partial charge in [-0.2, -0.15) is 0 Å². The van der Waals surface area contributed by atoms with Crippen molar-refractivity contribution in [2.75, 3.05) is 13.1 Å². The Morgan fingerprint density at radius 1 is 1.26 bits per heavy atom. The fourth-order valence-electron chi connectivity index (χ4n) is 3.80. The van der Waals surface area contributed by atoms with Gasteiger partial charge in [0.1, 0.15) is 0 Å². The highest BCUT2D eigenvalue weighted by Gasteiger charge is 2.26. The summed E-state index contributed by atoms with van der Waals surface area (Å²) >= 11 is 0. The molecule has 130 valence electrons. The Balaban J connectivity index is 0.00000192. The van der Waals surface area contributed by atoms with E-state index in [1.165, 1.54) is 25.7 Å². The summed E-state index contributed by atoms with van der Waals surface area (Å²) < 4.78 is 1.94. The lowest BCUT2D eigenvalue weighted by atomic mass is 10.00. The van der Waals surface area contributed by atoms with Gasteiger partial charge in [-0.15, -0.1) is 17.5 Å². The number of amides is 1. The molecule has 1 aromatic heterocycles. The summed E-state index contributed by atoms with van der Waals surface area (Å²) in [4.78, 5) is 12.5. The summed E-state index contributed by atoms with van der Waals surface area (Å²) in [6.07, 6.45) is 7.11. The first-order chi connectivity index (χ1) is 10.7. The summed E-state index contributed by atoms with van der Waals surface area (Å²) in [7, 11) is 0. The van der Waals surface area contributed by atoms with Gasteiger partial charge in [0.2, 0.25) is 0 Å². The average molecular weight is 342 g/mol. The Bertz CT molecular complexity index is 521. The van der Waals surface area contributed by atoms with Crippen molar-refractivity contribution in [1.29, 1.82) is 0 Å². The maximum absolute atomic E-state index is 12.5. The third-order valence-electron chi connectivity index (χ3n) is 5.26. The lowest BCUT2D eigenvalue weighted by molar-refractivity contribution is 0.0921. The van der Waals surface area contributed by atoms with Gasteiger partial charge in [0.25, 0.3) is 5.91 Å². The number of nitrogens with one attached hydrogen (secondary N) is 2. The Morgan fingerprint density at radius 3 is 2.57 bits per heavy atom. The molecule has 1 saturated carbocycles. The fourth-order valence-corrected chi connectivity index (χ4v) is 3.80. The SMILES string of the molecule is Cc1c(C(=O)NC(C)C2CCCC2)nnn1C1CCNCC1.Cl. The van der Waals surface area contributed by atoms with Crippen LogP contribution in [-0.4, -0.2) is 40.0 Å². The molecule has 1 aliphatic carbocycles. The largest absolute Gasteiger partial charge is 0.348 e. The topological polar surface area (TPSA) is 71.8 Å². The van der Waals surface area contributed by atoms with Crippen molar-refractivity contribution < 1.29 is 4.79 Å². The Hall–Kier alpha value is -1.14. The van der Waals surface area contributed by atoms with E-state index in [1.54, 1.807) is 0 Å². The first-order valence-corrected chi connectivity index (χ1v) is 8.60. The summed E-state index contributed by atoms with van der Waals surface area (Å²) in [6, 6.07) is 0.584. The van der Waals surface area contributed by atoms with Crippen LogP contribution in [0.4, 0.5) is 0 Å². The zero-order chi connectivity index (χ0) is 15.5. The minimum Gasteiger partial charge on any atom is -0.348 e. The van der Waals surface area contributed by atoms with E-state index in [1.807, 2.05) is 11.6 Å². The first kappa shape index (κ1) is 18.2. The molecule has 6 nitrogen and oxygen atoms in total. The lowest BCUT2D eigenvalue weighted by Gasteiger charge is -2.23. The van der Waals surface area contributed by atoms with E-state index in [0.717, 1.165) is 31.6 Å². The molecular weight excluding hydrogens is 314 g/mol. The number of aromatic nitrogens is 3. The number of carbonyl (C=O) groups is 1. The third-order valence-corrected chi connectivity index (χ3v) is 5.26. The highest BCUT2D eigenvalue weighted by Crippen LogP contribution is 2.27. The van der Waals surface area contributed by atoms with Crippen molar-refractivity contribution in [1.82, 2.24) is 25.6 Å². The molecule has 7 heteroatoms. The highest BCUT2D eigenvalue weighted by atomic mass is 35.5. The fraction of sp³-hybridized carbons (Fsp3) is 0.812. The minimum atomic E-state index is -0.0721. The summed E-state index contributed by atoms with van der Waals surface area (Å²) in [6.45, 7) is 6.08. The normalized spacial score (nSPS) is 21.0. The van der Waals surface area contributed by atoms with Gasteiger partial charge in [-0.05, 0) is 58.5 Å². The van der Waals surface area contributed by atoms with Crippen LogP contribution in [0.3, 0.4) is 0 Å². The van der Waals surface area contributed by atoms with E-state index in [2.05, 4.69) is 27.9 Å². The Kier molecular flexibility index (Phi) is 6.41. The standard InChI is InChI=1S/C16H27N5O.ClH/c1-11(13-5-3-4-6-13)18-16(22)15-12(2)21(20-19-15)14-7-9-17-10-8-14;/h11,13-14,17H,3-10H2,1-2H3,(H,18,22);1H. The smallest absolute Gasteiger partial charge is 0.273 e. The molecule has 1 atom stereocenters. The van der Waals surface area contributed by atoms with Gasteiger partial charge in [-0.3, -0.25) is 4.79 Å². The second-order valence-electron chi connectivity index (χ2n) is 6.76. The van der Waals surface area contributed by atoms with Crippen LogP contribution in [0.25, 0.3) is 0 Å². The molecule has 0 aromatic carbocycles. The molecule has 2 fully saturated rings. The molecule has 1 unspecified atom stereocenters. The molecule has 2 aliphatic rings. The molecule has 1 aromatic rings. The Morgan fingerprint density at radius 2 is 1.91 bits per heavy atom. The monoisotopic (exact) mass is 341 g/mol. The molecule has 23 heavy (non-hydrogen) atoms. The third kappa shape index (κ3) is 4.04. The van der Waals surface area contributed by atoms with Gasteiger partial charge in [0, 0.05) is 6.04 Å². The second kappa shape index (κ2) is 8.11. The number of piperidine rings is 1. The van der Waals surface area contributed by atoms with Crippen LogP contribution in [0.5, 0.6) is 0 Å². The van der Waals surface area contributed by atoms with Gasteiger partial charge >= 0.3 is 0 Å². The summed E-state index contributed by atoms with van der Waals surface area (Å²) in [5.41, 5.74) is 1.38. The molecule has 1 aliphatic heterocycles. The van der Waals surface area contributed by atoms with E-state index >= 15 is 0 Å². The maximum atomic E-state index is 12.5. The highest BCUT2D eigenvalue weighted by molar-refractivity contribution is 5.93. The van der Waals surface area contributed by atoms with Crippen molar-refractivity contribution in [2.45, 2.75) is 64.5 Å². The number of nitrogens with zero attached hydrogens (tertiary/aromatic N) is 3. The number of carbonyl (C=O) groups excluding carboxylic acids is 1. The van der Waals surface area contributed by atoms with Gasteiger partial charge < -0.3 is 10.6 Å². The first-order valence-electron chi connectivity index (χ1n) is 8.60. The van der Waals surface area contributed by atoms with E-state index in [4.69, 9.17) is 0 Å². The molecule has 3 rings (SSSR count). The minimum absolute atomic E-state index is 0.